The summed E-state index contributed by atoms with van der Waals surface area (Å²) < 4.78 is 37.3. The molecule has 1 saturated heterocycles. The highest BCUT2D eigenvalue weighted by Crippen LogP contribution is 2.28. The Labute approximate surface area is 149 Å². The van der Waals surface area contributed by atoms with E-state index in [1.807, 2.05) is 6.92 Å². The zero-order chi connectivity index (χ0) is 18.9. The van der Waals surface area contributed by atoms with Crippen molar-refractivity contribution >= 4 is 16.9 Å². The minimum Gasteiger partial charge on any atom is -0.481 e. The van der Waals surface area contributed by atoms with Gasteiger partial charge >= 0.3 is 5.63 Å². The molecule has 0 spiro atoms. The summed E-state index contributed by atoms with van der Waals surface area (Å²) in [6, 6.07) is 6.52. The van der Waals surface area contributed by atoms with Crippen molar-refractivity contribution in [3.05, 3.63) is 40.2 Å². The molecule has 0 radical (unpaired) electrons. The minimum atomic E-state index is -2.70. The van der Waals surface area contributed by atoms with E-state index in [2.05, 4.69) is 0 Å². The Morgan fingerprint density at radius 2 is 2.00 bits per heavy atom. The predicted molar refractivity (Wildman–Crippen MR) is 92.7 cm³/mol. The van der Waals surface area contributed by atoms with Crippen LogP contribution in [0.1, 0.15) is 32.3 Å². The van der Waals surface area contributed by atoms with Crippen LogP contribution in [0.25, 0.3) is 11.0 Å². The van der Waals surface area contributed by atoms with E-state index in [-0.39, 0.29) is 31.8 Å². The number of hydrogen-bond donors (Lipinski definition) is 0. The zero-order valence-corrected chi connectivity index (χ0v) is 14.8. The summed E-state index contributed by atoms with van der Waals surface area (Å²) in [6.45, 7) is 3.57. The fraction of sp³-hybridized carbons (Fsp3) is 0.474. The highest BCUT2D eigenvalue weighted by atomic mass is 19.3. The Balaban J connectivity index is 1.74. The largest absolute Gasteiger partial charge is 0.481 e. The molecular weight excluding hydrogens is 344 g/mol. The number of hydrogen-bond acceptors (Lipinski definition) is 4. The molecule has 0 aliphatic carbocycles. The molecule has 3 rings (SSSR count). The van der Waals surface area contributed by atoms with E-state index in [1.165, 1.54) is 11.0 Å². The van der Waals surface area contributed by atoms with Crippen LogP contribution in [0.2, 0.25) is 0 Å². The molecule has 7 heteroatoms. The van der Waals surface area contributed by atoms with E-state index < -0.39 is 17.7 Å². The molecule has 1 aromatic carbocycles. The van der Waals surface area contributed by atoms with E-state index in [4.69, 9.17) is 9.15 Å². The van der Waals surface area contributed by atoms with Crippen LogP contribution in [0.5, 0.6) is 5.75 Å². The Kier molecular flexibility index (Phi) is 4.98. The molecule has 0 bridgehead atoms. The van der Waals surface area contributed by atoms with Crippen LogP contribution in [0, 0.1) is 0 Å². The molecule has 26 heavy (non-hydrogen) atoms. The van der Waals surface area contributed by atoms with E-state index in [0.29, 0.717) is 17.8 Å². The van der Waals surface area contributed by atoms with Gasteiger partial charge in [0.25, 0.3) is 11.8 Å². The molecule has 1 aliphatic rings. The smallest absolute Gasteiger partial charge is 0.336 e. The molecule has 5 nitrogen and oxygen atoms in total. The van der Waals surface area contributed by atoms with Crippen molar-refractivity contribution < 1.29 is 22.7 Å². The maximum absolute atomic E-state index is 13.2. The van der Waals surface area contributed by atoms with Crippen LogP contribution in [0.4, 0.5) is 8.78 Å². The van der Waals surface area contributed by atoms with Gasteiger partial charge in [0.2, 0.25) is 0 Å². The first kappa shape index (κ1) is 18.4. The molecule has 1 unspecified atom stereocenters. The Bertz CT molecular complexity index is 867. The third kappa shape index (κ3) is 3.86. The number of carbonyl (C=O) groups excluding carboxylic acids is 1. The number of aryl methyl sites for hydroxylation is 1. The molecule has 0 saturated carbocycles. The average Bonchev–Trinajstić information content (AvgIpc) is 2.60. The highest BCUT2D eigenvalue weighted by Gasteiger charge is 2.36. The van der Waals surface area contributed by atoms with Crippen molar-refractivity contribution in [2.45, 2.75) is 45.1 Å². The fourth-order valence-corrected chi connectivity index (χ4v) is 3.14. The van der Waals surface area contributed by atoms with Crippen LogP contribution in [0.3, 0.4) is 0 Å². The Hall–Kier alpha value is -2.44. The van der Waals surface area contributed by atoms with Crippen molar-refractivity contribution in [3.8, 4) is 5.75 Å². The van der Waals surface area contributed by atoms with Gasteiger partial charge in [0.15, 0.2) is 6.10 Å². The number of halogens is 2. The van der Waals surface area contributed by atoms with Crippen LogP contribution in [-0.4, -0.2) is 35.9 Å². The summed E-state index contributed by atoms with van der Waals surface area (Å²) in [7, 11) is 0. The second-order valence-electron chi connectivity index (χ2n) is 6.54. The number of rotatable bonds is 4. The number of nitrogens with zero attached hydrogens (tertiary/aromatic N) is 1. The normalized spacial score (nSPS) is 17.9. The van der Waals surface area contributed by atoms with Gasteiger partial charge in [-0.2, -0.15) is 0 Å². The summed E-state index contributed by atoms with van der Waals surface area (Å²) in [6.07, 6.45) is -0.782. The quantitative estimate of drug-likeness (QED) is 0.780. The fourth-order valence-electron chi connectivity index (χ4n) is 3.14. The van der Waals surface area contributed by atoms with E-state index in [1.54, 1.807) is 25.1 Å². The van der Waals surface area contributed by atoms with Gasteiger partial charge in [0.05, 0.1) is 0 Å². The molecule has 1 amide bonds. The average molecular weight is 365 g/mol. The summed E-state index contributed by atoms with van der Waals surface area (Å²) in [5.41, 5.74) is 0.829. The second kappa shape index (κ2) is 7.05. The molecule has 1 atom stereocenters. The minimum absolute atomic E-state index is 0.0198. The number of fused-ring (bicyclic) bond motifs is 1. The van der Waals surface area contributed by atoms with E-state index >= 15 is 0 Å². The van der Waals surface area contributed by atoms with Gasteiger partial charge in [0.1, 0.15) is 11.3 Å². The number of ether oxygens (including phenoxy) is 1. The maximum Gasteiger partial charge on any atom is 0.336 e. The number of benzene rings is 1. The molecule has 0 N–H and O–H groups in total. The summed E-state index contributed by atoms with van der Waals surface area (Å²) >= 11 is 0. The van der Waals surface area contributed by atoms with Crippen molar-refractivity contribution in [2.24, 2.45) is 0 Å². The Morgan fingerprint density at radius 3 is 2.65 bits per heavy atom. The van der Waals surface area contributed by atoms with Crippen LogP contribution >= 0.6 is 0 Å². The van der Waals surface area contributed by atoms with Crippen LogP contribution in [-0.2, 0) is 11.2 Å². The Morgan fingerprint density at radius 1 is 1.31 bits per heavy atom. The van der Waals surface area contributed by atoms with Gasteiger partial charge in [-0.25, -0.2) is 13.6 Å². The first-order valence-electron chi connectivity index (χ1n) is 8.69. The third-order valence-electron chi connectivity index (χ3n) is 4.65. The summed E-state index contributed by atoms with van der Waals surface area (Å²) in [5.74, 6) is -2.64. The van der Waals surface area contributed by atoms with Gasteiger partial charge in [-0.15, -0.1) is 0 Å². The van der Waals surface area contributed by atoms with Gasteiger partial charge < -0.3 is 14.1 Å². The van der Waals surface area contributed by atoms with Gasteiger partial charge in [0, 0.05) is 43.5 Å². The predicted octanol–water partition coefficient (Wildman–Crippen LogP) is 3.38. The second-order valence-corrected chi connectivity index (χ2v) is 6.54. The molecule has 2 aromatic rings. The molecule has 1 fully saturated rings. The number of alkyl halides is 2. The topological polar surface area (TPSA) is 59.8 Å². The van der Waals surface area contributed by atoms with Gasteiger partial charge in [-0.05, 0) is 31.0 Å². The number of piperidine rings is 1. The molecule has 1 aliphatic heterocycles. The standard InChI is InChI=1S/C19H21F2NO4/c1-3-13-10-17(23)26-16-11-14(4-5-15(13)16)25-12(2)18(24)22-8-6-19(20,21)7-9-22/h4-5,10-12H,3,6-9H2,1-2H3. The maximum atomic E-state index is 13.2. The number of likely N-dealkylation sites (tertiary alicyclic amines) is 1. The molecule has 140 valence electrons. The lowest BCUT2D eigenvalue weighted by Crippen LogP contribution is -2.47. The number of amides is 1. The third-order valence-corrected chi connectivity index (χ3v) is 4.65. The zero-order valence-electron chi connectivity index (χ0n) is 14.8. The van der Waals surface area contributed by atoms with Crippen LogP contribution < -0.4 is 10.4 Å². The van der Waals surface area contributed by atoms with Gasteiger partial charge in [-0.1, -0.05) is 6.92 Å². The SMILES string of the molecule is CCc1cc(=O)oc2cc(OC(C)C(=O)N3CCC(F)(F)CC3)ccc12. The van der Waals surface area contributed by atoms with Crippen molar-refractivity contribution in [2.75, 3.05) is 13.1 Å². The van der Waals surface area contributed by atoms with Gasteiger partial charge in [-0.3, -0.25) is 4.79 Å². The van der Waals surface area contributed by atoms with E-state index in [9.17, 15) is 18.4 Å². The lowest BCUT2D eigenvalue weighted by molar-refractivity contribution is -0.143. The lowest BCUT2D eigenvalue weighted by atomic mass is 10.1. The molecule has 2 heterocycles. The lowest BCUT2D eigenvalue weighted by Gasteiger charge is -2.33. The molecular formula is C19H21F2NO4. The van der Waals surface area contributed by atoms with Crippen molar-refractivity contribution in [1.29, 1.82) is 0 Å². The summed E-state index contributed by atoms with van der Waals surface area (Å²) in [5, 5.41) is 0.816. The monoisotopic (exact) mass is 365 g/mol. The van der Waals surface area contributed by atoms with Crippen LogP contribution in [0.15, 0.2) is 33.5 Å². The van der Waals surface area contributed by atoms with Crippen molar-refractivity contribution in [1.82, 2.24) is 4.90 Å². The molecule has 1 aromatic heterocycles. The van der Waals surface area contributed by atoms with Crippen molar-refractivity contribution in [3.63, 3.8) is 0 Å². The highest BCUT2D eigenvalue weighted by molar-refractivity contribution is 5.83. The summed E-state index contributed by atoms with van der Waals surface area (Å²) in [4.78, 5) is 25.4. The first-order valence-corrected chi connectivity index (χ1v) is 8.69. The number of carbonyl (C=O) groups is 1. The van der Waals surface area contributed by atoms with E-state index in [0.717, 1.165) is 10.9 Å². The first-order chi connectivity index (χ1) is 12.3.